The standard InChI is InChI=1S/C11H18N2O3/c1-8-4-12-3-2-9(8)5-13-10(14)6-16-7-11(13)15/h8-9,12H,2-7H2,1H3. The molecular formula is C11H18N2O3. The summed E-state index contributed by atoms with van der Waals surface area (Å²) in [5.74, 6) is 0.549. The molecular weight excluding hydrogens is 208 g/mol. The van der Waals surface area contributed by atoms with Gasteiger partial charge in [0.1, 0.15) is 13.2 Å². The van der Waals surface area contributed by atoms with Crippen LogP contribution in [-0.4, -0.2) is 49.6 Å². The Morgan fingerprint density at radius 1 is 1.38 bits per heavy atom. The second-order valence-corrected chi connectivity index (χ2v) is 4.62. The maximum Gasteiger partial charge on any atom is 0.255 e. The molecule has 0 bridgehead atoms. The van der Waals surface area contributed by atoms with E-state index in [4.69, 9.17) is 4.74 Å². The van der Waals surface area contributed by atoms with Crippen LogP contribution in [0.5, 0.6) is 0 Å². The molecule has 5 nitrogen and oxygen atoms in total. The molecule has 0 aromatic heterocycles. The molecule has 2 aliphatic heterocycles. The Morgan fingerprint density at radius 2 is 2.06 bits per heavy atom. The maximum atomic E-state index is 11.5. The first-order valence-corrected chi connectivity index (χ1v) is 5.80. The van der Waals surface area contributed by atoms with Gasteiger partial charge in [-0.3, -0.25) is 14.5 Å². The average molecular weight is 226 g/mol. The number of morpholine rings is 1. The van der Waals surface area contributed by atoms with E-state index in [2.05, 4.69) is 12.2 Å². The summed E-state index contributed by atoms with van der Waals surface area (Å²) >= 11 is 0. The lowest BCUT2D eigenvalue weighted by Crippen LogP contribution is -2.50. The summed E-state index contributed by atoms with van der Waals surface area (Å²) in [6, 6.07) is 0. The number of carbonyl (C=O) groups excluding carboxylic acids is 2. The molecule has 0 aromatic carbocycles. The van der Waals surface area contributed by atoms with Crippen LogP contribution in [0.4, 0.5) is 0 Å². The molecule has 5 heteroatoms. The molecule has 90 valence electrons. The van der Waals surface area contributed by atoms with E-state index in [-0.39, 0.29) is 25.0 Å². The molecule has 0 saturated carbocycles. The third-order valence-electron chi connectivity index (χ3n) is 3.43. The van der Waals surface area contributed by atoms with Gasteiger partial charge in [0.15, 0.2) is 0 Å². The zero-order valence-electron chi connectivity index (χ0n) is 9.57. The molecule has 2 amide bonds. The number of ether oxygens (including phenoxy) is 1. The van der Waals surface area contributed by atoms with Crippen LogP contribution >= 0.6 is 0 Å². The SMILES string of the molecule is CC1CNCCC1CN1C(=O)COCC1=O. The number of piperidine rings is 1. The van der Waals surface area contributed by atoms with Gasteiger partial charge < -0.3 is 10.1 Å². The van der Waals surface area contributed by atoms with Crippen LogP contribution in [0, 0.1) is 11.8 Å². The molecule has 0 spiro atoms. The molecule has 2 unspecified atom stereocenters. The van der Waals surface area contributed by atoms with Gasteiger partial charge in [-0.25, -0.2) is 0 Å². The summed E-state index contributed by atoms with van der Waals surface area (Å²) in [4.78, 5) is 24.5. The topological polar surface area (TPSA) is 58.6 Å². The highest BCUT2D eigenvalue weighted by atomic mass is 16.5. The highest BCUT2D eigenvalue weighted by Crippen LogP contribution is 2.20. The van der Waals surface area contributed by atoms with Gasteiger partial charge in [-0.15, -0.1) is 0 Å². The summed E-state index contributed by atoms with van der Waals surface area (Å²) in [5, 5.41) is 3.31. The van der Waals surface area contributed by atoms with Gasteiger partial charge in [-0.2, -0.15) is 0 Å². The lowest BCUT2D eigenvalue weighted by Gasteiger charge is -2.34. The fourth-order valence-electron chi connectivity index (χ4n) is 2.30. The van der Waals surface area contributed by atoms with Gasteiger partial charge in [-0.05, 0) is 31.3 Å². The minimum Gasteiger partial charge on any atom is -0.362 e. The Bertz CT molecular complexity index is 277. The molecule has 2 heterocycles. The highest BCUT2D eigenvalue weighted by Gasteiger charge is 2.31. The van der Waals surface area contributed by atoms with E-state index in [0.717, 1.165) is 19.5 Å². The molecule has 2 saturated heterocycles. The third kappa shape index (κ3) is 2.41. The third-order valence-corrected chi connectivity index (χ3v) is 3.43. The normalized spacial score (nSPS) is 31.9. The van der Waals surface area contributed by atoms with Crippen molar-refractivity contribution in [3.8, 4) is 0 Å². The Balaban J connectivity index is 1.96. The second-order valence-electron chi connectivity index (χ2n) is 4.62. The van der Waals surface area contributed by atoms with E-state index in [1.165, 1.54) is 4.90 Å². The number of nitrogens with zero attached hydrogens (tertiary/aromatic N) is 1. The van der Waals surface area contributed by atoms with E-state index >= 15 is 0 Å². The van der Waals surface area contributed by atoms with Gasteiger partial charge >= 0.3 is 0 Å². The number of imide groups is 1. The molecule has 2 fully saturated rings. The fraction of sp³-hybridized carbons (Fsp3) is 0.818. The van der Waals surface area contributed by atoms with Gasteiger partial charge in [0, 0.05) is 6.54 Å². The summed E-state index contributed by atoms with van der Waals surface area (Å²) in [7, 11) is 0. The Kier molecular flexibility index (Phi) is 3.56. The number of rotatable bonds is 2. The van der Waals surface area contributed by atoms with E-state index in [0.29, 0.717) is 18.4 Å². The quantitative estimate of drug-likeness (QED) is 0.652. The van der Waals surface area contributed by atoms with Crippen molar-refractivity contribution >= 4 is 11.8 Å². The van der Waals surface area contributed by atoms with Crippen molar-refractivity contribution in [2.75, 3.05) is 32.8 Å². The zero-order chi connectivity index (χ0) is 11.5. The van der Waals surface area contributed by atoms with Crippen molar-refractivity contribution in [2.45, 2.75) is 13.3 Å². The monoisotopic (exact) mass is 226 g/mol. The molecule has 0 aliphatic carbocycles. The van der Waals surface area contributed by atoms with Crippen molar-refractivity contribution in [3.63, 3.8) is 0 Å². The molecule has 0 aromatic rings. The predicted molar refractivity (Wildman–Crippen MR) is 57.7 cm³/mol. The second kappa shape index (κ2) is 4.93. The summed E-state index contributed by atoms with van der Waals surface area (Å²) < 4.78 is 4.89. The average Bonchev–Trinajstić information content (AvgIpc) is 2.26. The Hall–Kier alpha value is -0.940. The Labute approximate surface area is 95.1 Å². The van der Waals surface area contributed by atoms with Crippen molar-refractivity contribution in [1.29, 1.82) is 0 Å². The first-order chi connectivity index (χ1) is 7.68. The molecule has 16 heavy (non-hydrogen) atoms. The lowest BCUT2D eigenvalue weighted by molar-refractivity contribution is -0.159. The molecule has 2 atom stereocenters. The van der Waals surface area contributed by atoms with Crippen LogP contribution < -0.4 is 5.32 Å². The van der Waals surface area contributed by atoms with E-state index < -0.39 is 0 Å². The van der Waals surface area contributed by atoms with Gasteiger partial charge in [-0.1, -0.05) is 6.92 Å². The number of hydrogen-bond acceptors (Lipinski definition) is 4. The highest BCUT2D eigenvalue weighted by molar-refractivity contribution is 5.98. The van der Waals surface area contributed by atoms with Gasteiger partial charge in [0.25, 0.3) is 11.8 Å². The van der Waals surface area contributed by atoms with Crippen molar-refractivity contribution in [2.24, 2.45) is 11.8 Å². The fourth-order valence-corrected chi connectivity index (χ4v) is 2.30. The molecule has 0 radical (unpaired) electrons. The predicted octanol–water partition coefficient (Wildman–Crippen LogP) is -0.383. The maximum absolute atomic E-state index is 11.5. The van der Waals surface area contributed by atoms with E-state index in [9.17, 15) is 9.59 Å². The Morgan fingerprint density at radius 3 is 2.69 bits per heavy atom. The first-order valence-electron chi connectivity index (χ1n) is 5.80. The summed E-state index contributed by atoms with van der Waals surface area (Å²) in [6.45, 7) is 4.76. The van der Waals surface area contributed by atoms with Crippen LogP contribution in [0.25, 0.3) is 0 Å². The van der Waals surface area contributed by atoms with E-state index in [1.807, 2.05) is 0 Å². The van der Waals surface area contributed by atoms with Crippen LogP contribution in [0.15, 0.2) is 0 Å². The van der Waals surface area contributed by atoms with Gasteiger partial charge in [0.05, 0.1) is 0 Å². The number of carbonyl (C=O) groups is 2. The minimum atomic E-state index is -0.193. The first kappa shape index (κ1) is 11.5. The molecule has 2 rings (SSSR count). The number of amides is 2. The lowest BCUT2D eigenvalue weighted by atomic mass is 9.87. The van der Waals surface area contributed by atoms with Crippen molar-refractivity contribution < 1.29 is 14.3 Å². The smallest absolute Gasteiger partial charge is 0.255 e. The summed E-state index contributed by atoms with van der Waals surface area (Å²) in [6.07, 6.45) is 1.03. The van der Waals surface area contributed by atoms with Crippen LogP contribution in [-0.2, 0) is 14.3 Å². The van der Waals surface area contributed by atoms with Gasteiger partial charge in [0.2, 0.25) is 0 Å². The largest absolute Gasteiger partial charge is 0.362 e. The van der Waals surface area contributed by atoms with Crippen molar-refractivity contribution in [3.05, 3.63) is 0 Å². The van der Waals surface area contributed by atoms with Crippen LogP contribution in [0.2, 0.25) is 0 Å². The zero-order valence-corrected chi connectivity index (χ0v) is 9.57. The van der Waals surface area contributed by atoms with Crippen LogP contribution in [0.3, 0.4) is 0 Å². The molecule has 2 aliphatic rings. The van der Waals surface area contributed by atoms with Crippen molar-refractivity contribution in [1.82, 2.24) is 10.2 Å². The number of hydrogen-bond donors (Lipinski definition) is 1. The van der Waals surface area contributed by atoms with Crippen LogP contribution in [0.1, 0.15) is 13.3 Å². The van der Waals surface area contributed by atoms with E-state index in [1.54, 1.807) is 0 Å². The minimum absolute atomic E-state index is 0.0467. The number of nitrogens with one attached hydrogen (secondary N) is 1. The summed E-state index contributed by atoms with van der Waals surface area (Å²) in [5.41, 5.74) is 0. The molecule has 1 N–H and O–H groups in total.